The number of rotatable bonds is 2. The fourth-order valence-corrected chi connectivity index (χ4v) is 1.54. The molecule has 0 aromatic carbocycles. The maximum Gasteiger partial charge on any atom is 0.234 e. The maximum absolute atomic E-state index is 11.2. The maximum atomic E-state index is 11.2. The summed E-state index contributed by atoms with van der Waals surface area (Å²) in [6.45, 7) is 5.65. The van der Waals surface area contributed by atoms with E-state index in [1.165, 1.54) is 0 Å². The van der Waals surface area contributed by atoms with Gasteiger partial charge in [-0.2, -0.15) is 12.6 Å². The Balaban J connectivity index is 2.51. The molecule has 1 amide bonds. The fourth-order valence-electron chi connectivity index (χ4n) is 1.33. The molecule has 1 heterocycles. The topological polar surface area (TPSA) is 32.3 Å². The van der Waals surface area contributed by atoms with Crippen LogP contribution < -0.4 is 5.32 Å². The first kappa shape index (κ1) is 9.86. The second-order valence-electron chi connectivity index (χ2n) is 3.57. The average molecular weight is 188 g/mol. The number of nitrogens with one attached hydrogen (secondary N) is 1. The van der Waals surface area contributed by atoms with Crippen molar-refractivity contribution in [1.29, 1.82) is 0 Å². The number of carbonyl (C=O) groups excluding carboxylic acids is 1. The Morgan fingerprint density at radius 1 is 1.75 bits per heavy atom. The minimum absolute atomic E-state index is 0.119. The standard InChI is InChI=1S/C8H16N2OS/c1-6(2)7-3-10(5-12)4-8(11)9-7/h6-7,12H,3-5H2,1-2H3,(H,9,11). The summed E-state index contributed by atoms with van der Waals surface area (Å²) in [5.41, 5.74) is 0. The Hall–Kier alpha value is -0.220. The van der Waals surface area contributed by atoms with Crippen LogP contribution in [0, 0.1) is 5.92 Å². The number of hydrogen-bond donors (Lipinski definition) is 2. The van der Waals surface area contributed by atoms with E-state index in [0.29, 0.717) is 24.4 Å². The lowest BCUT2D eigenvalue weighted by molar-refractivity contribution is -0.125. The summed E-state index contributed by atoms with van der Waals surface area (Å²) in [5.74, 6) is 1.28. The van der Waals surface area contributed by atoms with Crippen LogP contribution in [0.2, 0.25) is 0 Å². The van der Waals surface area contributed by atoms with Gasteiger partial charge in [-0.25, -0.2) is 0 Å². The molecule has 3 nitrogen and oxygen atoms in total. The van der Waals surface area contributed by atoms with E-state index < -0.39 is 0 Å². The smallest absolute Gasteiger partial charge is 0.234 e. The molecule has 1 saturated heterocycles. The largest absolute Gasteiger partial charge is 0.351 e. The van der Waals surface area contributed by atoms with Gasteiger partial charge in [0, 0.05) is 18.5 Å². The Kier molecular flexibility index (Phi) is 3.40. The monoisotopic (exact) mass is 188 g/mol. The van der Waals surface area contributed by atoms with Gasteiger partial charge in [-0.1, -0.05) is 13.8 Å². The SMILES string of the molecule is CC(C)C1CN(CS)CC(=O)N1. The minimum atomic E-state index is 0.119. The number of amides is 1. The third-order valence-electron chi connectivity index (χ3n) is 2.17. The Morgan fingerprint density at radius 2 is 2.42 bits per heavy atom. The first-order valence-electron chi connectivity index (χ1n) is 4.26. The van der Waals surface area contributed by atoms with Crippen LogP contribution in [-0.4, -0.2) is 35.8 Å². The van der Waals surface area contributed by atoms with Crippen molar-refractivity contribution in [1.82, 2.24) is 10.2 Å². The summed E-state index contributed by atoms with van der Waals surface area (Å²) in [5, 5.41) is 2.97. The molecular weight excluding hydrogens is 172 g/mol. The third-order valence-corrected chi connectivity index (χ3v) is 2.57. The molecule has 70 valence electrons. The van der Waals surface area contributed by atoms with Gasteiger partial charge >= 0.3 is 0 Å². The van der Waals surface area contributed by atoms with Gasteiger partial charge in [0.25, 0.3) is 0 Å². The number of carbonyl (C=O) groups is 1. The number of piperazine rings is 1. The summed E-state index contributed by atoms with van der Waals surface area (Å²) in [7, 11) is 0. The molecule has 0 spiro atoms. The van der Waals surface area contributed by atoms with Gasteiger partial charge in [0.15, 0.2) is 0 Å². The predicted molar refractivity (Wildman–Crippen MR) is 52.2 cm³/mol. The molecule has 0 aromatic rings. The first-order chi connectivity index (χ1) is 5.63. The molecule has 0 radical (unpaired) electrons. The predicted octanol–water partition coefficient (Wildman–Crippen LogP) is 0.330. The van der Waals surface area contributed by atoms with Crippen molar-refractivity contribution in [3.05, 3.63) is 0 Å². The number of nitrogens with zero attached hydrogens (tertiary/aromatic N) is 1. The molecule has 1 aliphatic heterocycles. The average Bonchev–Trinajstić information content (AvgIpc) is 2.03. The molecule has 1 N–H and O–H groups in total. The summed E-state index contributed by atoms with van der Waals surface area (Å²) in [6, 6.07) is 0.290. The quantitative estimate of drug-likeness (QED) is 0.612. The van der Waals surface area contributed by atoms with Crippen molar-refractivity contribution in [3.63, 3.8) is 0 Å². The molecule has 1 atom stereocenters. The van der Waals surface area contributed by atoms with Gasteiger partial charge in [0.2, 0.25) is 5.91 Å². The van der Waals surface area contributed by atoms with Gasteiger partial charge in [-0.15, -0.1) is 0 Å². The van der Waals surface area contributed by atoms with Crippen molar-refractivity contribution < 1.29 is 4.79 Å². The van der Waals surface area contributed by atoms with E-state index >= 15 is 0 Å². The third kappa shape index (κ3) is 2.38. The summed E-state index contributed by atoms with van der Waals surface area (Å²) in [6.07, 6.45) is 0. The summed E-state index contributed by atoms with van der Waals surface area (Å²) >= 11 is 4.16. The van der Waals surface area contributed by atoms with Gasteiger partial charge in [-0.05, 0) is 5.92 Å². The Morgan fingerprint density at radius 3 is 2.92 bits per heavy atom. The van der Waals surface area contributed by atoms with Crippen molar-refractivity contribution in [2.75, 3.05) is 19.0 Å². The number of thiol groups is 1. The van der Waals surface area contributed by atoms with Gasteiger partial charge in [0.1, 0.15) is 0 Å². The number of hydrogen-bond acceptors (Lipinski definition) is 3. The van der Waals surface area contributed by atoms with Gasteiger partial charge in [0.05, 0.1) is 6.54 Å². The normalized spacial score (nSPS) is 26.0. The van der Waals surface area contributed by atoms with Crippen LogP contribution >= 0.6 is 12.6 Å². The van der Waals surface area contributed by atoms with E-state index in [4.69, 9.17) is 0 Å². The van der Waals surface area contributed by atoms with E-state index in [1.807, 2.05) is 4.90 Å². The van der Waals surface area contributed by atoms with Crippen LogP contribution in [-0.2, 0) is 4.79 Å². The zero-order valence-electron chi connectivity index (χ0n) is 7.58. The van der Waals surface area contributed by atoms with Crippen LogP contribution in [0.3, 0.4) is 0 Å². The highest BCUT2D eigenvalue weighted by molar-refractivity contribution is 7.80. The highest BCUT2D eigenvalue weighted by atomic mass is 32.1. The van der Waals surface area contributed by atoms with Crippen LogP contribution in [0.5, 0.6) is 0 Å². The molecule has 12 heavy (non-hydrogen) atoms. The lowest BCUT2D eigenvalue weighted by Gasteiger charge is -2.33. The van der Waals surface area contributed by atoms with Crippen molar-refractivity contribution >= 4 is 18.5 Å². The molecule has 1 unspecified atom stereocenters. The van der Waals surface area contributed by atoms with Crippen molar-refractivity contribution in [3.8, 4) is 0 Å². The Labute approximate surface area is 78.9 Å². The van der Waals surface area contributed by atoms with Crippen LogP contribution in [0.15, 0.2) is 0 Å². The zero-order valence-corrected chi connectivity index (χ0v) is 8.47. The van der Waals surface area contributed by atoms with E-state index in [2.05, 4.69) is 31.8 Å². The molecule has 0 bridgehead atoms. The summed E-state index contributed by atoms with van der Waals surface area (Å²) in [4.78, 5) is 13.2. The fraction of sp³-hybridized carbons (Fsp3) is 0.875. The second kappa shape index (κ2) is 4.14. The minimum Gasteiger partial charge on any atom is -0.351 e. The lowest BCUT2D eigenvalue weighted by atomic mass is 10.0. The summed E-state index contributed by atoms with van der Waals surface area (Å²) < 4.78 is 0. The van der Waals surface area contributed by atoms with E-state index in [0.717, 1.165) is 6.54 Å². The van der Waals surface area contributed by atoms with E-state index in [-0.39, 0.29) is 5.91 Å². The molecule has 1 aliphatic rings. The van der Waals surface area contributed by atoms with Crippen LogP contribution in [0.1, 0.15) is 13.8 Å². The van der Waals surface area contributed by atoms with Gasteiger partial charge < -0.3 is 5.32 Å². The van der Waals surface area contributed by atoms with Gasteiger partial charge in [-0.3, -0.25) is 9.69 Å². The van der Waals surface area contributed by atoms with Crippen molar-refractivity contribution in [2.24, 2.45) is 5.92 Å². The lowest BCUT2D eigenvalue weighted by Crippen LogP contribution is -2.55. The highest BCUT2D eigenvalue weighted by Crippen LogP contribution is 2.08. The zero-order chi connectivity index (χ0) is 9.14. The molecule has 1 rings (SSSR count). The molecule has 4 heteroatoms. The Bertz CT molecular complexity index is 172. The molecular formula is C8H16N2OS. The first-order valence-corrected chi connectivity index (χ1v) is 4.89. The van der Waals surface area contributed by atoms with Crippen molar-refractivity contribution in [2.45, 2.75) is 19.9 Å². The van der Waals surface area contributed by atoms with E-state index in [9.17, 15) is 4.79 Å². The molecule has 0 aromatic heterocycles. The molecule has 1 fully saturated rings. The van der Waals surface area contributed by atoms with E-state index in [1.54, 1.807) is 0 Å². The second-order valence-corrected chi connectivity index (χ2v) is 3.85. The highest BCUT2D eigenvalue weighted by Gasteiger charge is 2.25. The van der Waals surface area contributed by atoms with Crippen LogP contribution in [0.4, 0.5) is 0 Å². The molecule has 0 aliphatic carbocycles. The van der Waals surface area contributed by atoms with Crippen LogP contribution in [0.25, 0.3) is 0 Å². The molecule has 0 saturated carbocycles.